The average Bonchev–Trinajstić information content (AvgIpc) is 3.23. The molecule has 0 aliphatic heterocycles. The number of hydrogen-bond donors (Lipinski definition) is 1. The maximum absolute atomic E-state index is 12.5. The number of carbonyl (C=O) groups is 1. The van der Waals surface area contributed by atoms with Crippen LogP contribution in [0.3, 0.4) is 0 Å². The van der Waals surface area contributed by atoms with Gasteiger partial charge in [-0.1, -0.05) is 24.6 Å². The Labute approximate surface area is 177 Å². The lowest BCUT2D eigenvalue weighted by molar-refractivity contribution is -0.386. The minimum Gasteiger partial charge on any atom is -0.471 e. The zero-order chi connectivity index (χ0) is 21.8. The van der Waals surface area contributed by atoms with Gasteiger partial charge in [0, 0.05) is 5.02 Å². The number of nitrogens with zero attached hydrogens (tertiary/aromatic N) is 5. The fourth-order valence-electron chi connectivity index (χ4n) is 2.93. The number of nitro groups is 1. The number of rotatable bonds is 8. The summed E-state index contributed by atoms with van der Waals surface area (Å²) in [6, 6.07) is 7.01. The topological polar surface area (TPSA) is 117 Å². The highest BCUT2D eigenvalue weighted by Crippen LogP contribution is 2.23. The number of hydrogen-bond acceptors (Lipinski definition) is 6. The minimum absolute atomic E-state index is 0.0245. The van der Waals surface area contributed by atoms with Crippen molar-refractivity contribution in [3.8, 4) is 5.75 Å². The Morgan fingerprint density at radius 3 is 2.83 bits per heavy atom. The van der Waals surface area contributed by atoms with E-state index in [1.807, 2.05) is 0 Å². The molecule has 10 nitrogen and oxygen atoms in total. The third-order valence-corrected chi connectivity index (χ3v) is 4.72. The molecule has 158 valence electrons. The van der Waals surface area contributed by atoms with Gasteiger partial charge in [0.1, 0.15) is 17.1 Å². The number of amides is 1. The van der Waals surface area contributed by atoms with E-state index in [9.17, 15) is 14.9 Å². The Morgan fingerprint density at radius 2 is 2.17 bits per heavy atom. The summed E-state index contributed by atoms with van der Waals surface area (Å²) in [6.07, 6.45) is 3.16. The highest BCUT2D eigenvalue weighted by atomic mass is 35.5. The Bertz CT molecular complexity index is 1080. The summed E-state index contributed by atoms with van der Waals surface area (Å²) in [6.45, 7) is 5.29. The molecule has 3 aromatic rings. The standard InChI is InChI=1S/C19H21ClN6O4/c1-12(9-25-14(3)18(26(28)29)13(2)23-25)19(27)22-16-8-21-24(10-16)11-30-17-6-4-5-15(20)7-17/h4-8,10,12H,9,11H2,1-3H3,(H,22,27). The smallest absolute Gasteiger partial charge is 0.312 e. The van der Waals surface area contributed by atoms with Crippen LogP contribution >= 0.6 is 11.6 Å². The number of aromatic nitrogens is 4. The number of halogens is 1. The van der Waals surface area contributed by atoms with E-state index in [0.29, 0.717) is 27.8 Å². The highest BCUT2D eigenvalue weighted by Gasteiger charge is 2.24. The molecule has 30 heavy (non-hydrogen) atoms. The second-order valence-electron chi connectivity index (χ2n) is 6.85. The first-order valence-electron chi connectivity index (χ1n) is 9.14. The number of aryl methyl sites for hydroxylation is 1. The van der Waals surface area contributed by atoms with Gasteiger partial charge in [-0.2, -0.15) is 10.2 Å². The molecule has 11 heteroatoms. The molecule has 1 amide bonds. The van der Waals surface area contributed by atoms with Crippen LogP contribution in [0.5, 0.6) is 5.75 Å². The Morgan fingerprint density at radius 1 is 1.40 bits per heavy atom. The molecule has 1 N–H and O–H groups in total. The van der Waals surface area contributed by atoms with Crippen LogP contribution in [-0.4, -0.2) is 30.4 Å². The number of carbonyl (C=O) groups excluding carboxylic acids is 1. The van der Waals surface area contributed by atoms with E-state index in [0.717, 1.165) is 0 Å². The second kappa shape index (κ2) is 8.95. The average molecular weight is 433 g/mol. The summed E-state index contributed by atoms with van der Waals surface area (Å²) in [5.41, 5.74) is 1.23. The van der Waals surface area contributed by atoms with Crippen LogP contribution in [-0.2, 0) is 18.1 Å². The van der Waals surface area contributed by atoms with E-state index in [4.69, 9.17) is 16.3 Å². The van der Waals surface area contributed by atoms with Crippen molar-refractivity contribution in [2.24, 2.45) is 5.92 Å². The Kier molecular flexibility index (Phi) is 6.36. The molecule has 0 bridgehead atoms. The maximum atomic E-state index is 12.5. The summed E-state index contributed by atoms with van der Waals surface area (Å²) in [5, 5.41) is 22.8. The third-order valence-electron chi connectivity index (χ3n) is 4.48. The molecule has 2 heterocycles. The van der Waals surface area contributed by atoms with Gasteiger partial charge < -0.3 is 10.1 Å². The van der Waals surface area contributed by atoms with Gasteiger partial charge in [-0.15, -0.1) is 0 Å². The third kappa shape index (κ3) is 4.95. The number of nitrogens with one attached hydrogen (secondary N) is 1. The van der Waals surface area contributed by atoms with Gasteiger partial charge in [0.25, 0.3) is 0 Å². The molecule has 0 aliphatic rings. The highest BCUT2D eigenvalue weighted by molar-refractivity contribution is 6.30. The number of anilines is 1. The van der Waals surface area contributed by atoms with Gasteiger partial charge in [-0.3, -0.25) is 19.6 Å². The van der Waals surface area contributed by atoms with Crippen molar-refractivity contribution in [2.75, 3.05) is 5.32 Å². The van der Waals surface area contributed by atoms with Gasteiger partial charge in [0.2, 0.25) is 5.91 Å². The Balaban J connectivity index is 1.57. The first kappa shape index (κ1) is 21.3. The van der Waals surface area contributed by atoms with E-state index in [2.05, 4.69) is 15.5 Å². The van der Waals surface area contributed by atoms with Crippen molar-refractivity contribution < 1.29 is 14.5 Å². The predicted molar refractivity (Wildman–Crippen MR) is 110 cm³/mol. The largest absolute Gasteiger partial charge is 0.471 e. The van der Waals surface area contributed by atoms with Crippen LogP contribution in [0.1, 0.15) is 18.3 Å². The zero-order valence-corrected chi connectivity index (χ0v) is 17.5. The molecule has 1 atom stereocenters. The summed E-state index contributed by atoms with van der Waals surface area (Å²) < 4.78 is 8.62. The summed E-state index contributed by atoms with van der Waals surface area (Å²) >= 11 is 5.92. The van der Waals surface area contributed by atoms with E-state index in [1.54, 1.807) is 51.2 Å². The van der Waals surface area contributed by atoms with Crippen molar-refractivity contribution in [2.45, 2.75) is 34.0 Å². The molecule has 0 fully saturated rings. The summed E-state index contributed by atoms with van der Waals surface area (Å²) in [7, 11) is 0. The van der Waals surface area contributed by atoms with Crippen molar-refractivity contribution in [1.82, 2.24) is 19.6 Å². The quantitative estimate of drug-likeness (QED) is 0.429. The summed E-state index contributed by atoms with van der Waals surface area (Å²) in [4.78, 5) is 23.2. The van der Waals surface area contributed by atoms with E-state index >= 15 is 0 Å². The van der Waals surface area contributed by atoms with Crippen LogP contribution in [0.25, 0.3) is 0 Å². The molecule has 0 aliphatic carbocycles. The van der Waals surface area contributed by atoms with E-state index in [-0.39, 0.29) is 24.9 Å². The predicted octanol–water partition coefficient (Wildman–Crippen LogP) is 3.57. The lowest BCUT2D eigenvalue weighted by Gasteiger charge is -2.12. The Hall–Kier alpha value is -3.40. The molecule has 3 rings (SSSR count). The van der Waals surface area contributed by atoms with Crippen LogP contribution < -0.4 is 10.1 Å². The summed E-state index contributed by atoms with van der Waals surface area (Å²) in [5.74, 6) is -0.106. The van der Waals surface area contributed by atoms with Gasteiger partial charge in [0.15, 0.2) is 6.73 Å². The van der Waals surface area contributed by atoms with Crippen molar-refractivity contribution in [3.05, 3.63) is 63.2 Å². The molecular formula is C19H21ClN6O4. The van der Waals surface area contributed by atoms with Crippen molar-refractivity contribution in [3.63, 3.8) is 0 Å². The van der Waals surface area contributed by atoms with E-state index in [1.165, 1.54) is 15.6 Å². The molecule has 0 saturated heterocycles. The van der Waals surface area contributed by atoms with Gasteiger partial charge in [0.05, 0.1) is 35.5 Å². The van der Waals surface area contributed by atoms with Crippen LogP contribution in [0.2, 0.25) is 5.02 Å². The van der Waals surface area contributed by atoms with Crippen molar-refractivity contribution in [1.29, 1.82) is 0 Å². The fraction of sp³-hybridized carbons (Fsp3) is 0.316. The molecule has 1 unspecified atom stereocenters. The number of benzene rings is 1. The van der Waals surface area contributed by atoms with Crippen LogP contribution in [0.15, 0.2) is 36.7 Å². The SMILES string of the molecule is Cc1nn(CC(C)C(=O)Nc2cnn(COc3cccc(Cl)c3)c2)c(C)c1[N+](=O)[O-]. The molecule has 0 saturated carbocycles. The normalized spacial score (nSPS) is 11.9. The molecule has 0 spiro atoms. The first-order valence-corrected chi connectivity index (χ1v) is 9.52. The lowest BCUT2D eigenvalue weighted by atomic mass is 10.1. The van der Waals surface area contributed by atoms with Gasteiger partial charge in [-0.25, -0.2) is 4.68 Å². The molecular weight excluding hydrogens is 412 g/mol. The minimum atomic E-state index is -0.464. The lowest BCUT2D eigenvalue weighted by Crippen LogP contribution is -2.25. The molecule has 0 radical (unpaired) electrons. The molecule has 2 aromatic heterocycles. The van der Waals surface area contributed by atoms with Crippen molar-refractivity contribution >= 4 is 28.9 Å². The van der Waals surface area contributed by atoms with Gasteiger partial charge >= 0.3 is 5.69 Å². The maximum Gasteiger partial charge on any atom is 0.312 e. The van der Waals surface area contributed by atoms with Gasteiger partial charge in [-0.05, 0) is 32.0 Å². The first-order chi connectivity index (χ1) is 14.2. The monoisotopic (exact) mass is 432 g/mol. The van der Waals surface area contributed by atoms with Crippen LogP contribution in [0.4, 0.5) is 11.4 Å². The molecule has 1 aromatic carbocycles. The second-order valence-corrected chi connectivity index (χ2v) is 7.28. The zero-order valence-electron chi connectivity index (χ0n) is 16.7. The fourth-order valence-corrected chi connectivity index (χ4v) is 3.11. The number of ether oxygens (including phenoxy) is 1. The van der Waals surface area contributed by atoms with E-state index < -0.39 is 10.8 Å². The van der Waals surface area contributed by atoms with Crippen LogP contribution in [0, 0.1) is 29.9 Å².